The Labute approximate surface area is 166 Å². The number of rotatable bonds is 11. The third-order valence-electron chi connectivity index (χ3n) is 5.70. The summed E-state index contributed by atoms with van der Waals surface area (Å²) in [5.41, 5.74) is 6.93. The predicted octanol–water partition coefficient (Wildman–Crippen LogP) is 2.84. The highest BCUT2D eigenvalue weighted by atomic mass is 16.5. The van der Waals surface area contributed by atoms with Crippen LogP contribution in [0.4, 0.5) is 0 Å². The minimum atomic E-state index is -0.740. The van der Waals surface area contributed by atoms with Gasteiger partial charge in [0, 0.05) is 18.9 Å². The minimum Gasteiger partial charge on any atom is -0.481 e. The van der Waals surface area contributed by atoms with Gasteiger partial charge in [-0.25, -0.2) is 5.43 Å². The fraction of sp³-hybridized carbons (Fsp3) is 0.545. The van der Waals surface area contributed by atoms with Crippen molar-refractivity contribution < 1.29 is 19.4 Å². The number of ether oxygens (including phenoxy) is 1. The zero-order chi connectivity index (χ0) is 19.8. The van der Waals surface area contributed by atoms with Gasteiger partial charge in [-0.15, -0.1) is 0 Å². The van der Waals surface area contributed by atoms with E-state index in [1.807, 2.05) is 30.3 Å². The highest BCUT2D eigenvalue weighted by Crippen LogP contribution is 2.44. The molecule has 28 heavy (non-hydrogen) atoms. The summed E-state index contributed by atoms with van der Waals surface area (Å²) in [6, 6.07) is 9.70. The van der Waals surface area contributed by atoms with E-state index >= 15 is 0 Å². The second-order valence-corrected chi connectivity index (χ2v) is 7.70. The van der Waals surface area contributed by atoms with Gasteiger partial charge in [0.1, 0.15) is 0 Å². The molecule has 0 aliphatic carbocycles. The molecule has 2 aliphatic rings. The van der Waals surface area contributed by atoms with Gasteiger partial charge in [-0.05, 0) is 43.6 Å². The number of fused-ring (bicyclic) bond motifs is 2. The lowest BCUT2D eigenvalue weighted by molar-refractivity contribution is -0.137. The molecular weight excluding hydrogens is 356 g/mol. The molecule has 3 rings (SSSR count). The summed E-state index contributed by atoms with van der Waals surface area (Å²) >= 11 is 0. The molecule has 2 saturated heterocycles. The Hall–Kier alpha value is -2.18. The van der Waals surface area contributed by atoms with Gasteiger partial charge in [-0.2, -0.15) is 0 Å². The van der Waals surface area contributed by atoms with E-state index in [4.69, 9.17) is 9.84 Å². The zero-order valence-corrected chi connectivity index (χ0v) is 16.2. The number of aliphatic carboxylic acids is 1. The molecule has 6 nitrogen and oxygen atoms in total. The van der Waals surface area contributed by atoms with E-state index in [0.29, 0.717) is 37.3 Å². The summed E-state index contributed by atoms with van der Waals surface area (Å²) in [5, 5.41) is 8.68. The molecule has 0 spiro atoms. The smallest absolute Gasteiger partial charge is 0.303 e. The van der Waals surface area contributed by atoms with Crippen LogP contribution >= 0.6 is 0 Å². The lowest BCUT2D eigenvalue weighted by atomic mass is 9.77. The Balaban J connectivity index is 1.40. The maximum atomic E-state index is 12.1. The largest absolute Gasteiger partial charge is 0.481 e. The first-order valence-corrected chi connectivity index (χ1v) is 10.2. The van der Waals surface area contributed by atoms with Gasteiger partial charge in [-0.3, -0.25) is 15.0 Å². The Morgan fingerprint density at radius 3 is 2.61 bits per heavy atom. The van der Waals surface area contributed by atoms with E-state index in [1.54, 1.807) is 0 Å². The summed E-state index contributed by atoms with van der Waals surface area (Å²) in [6.07, 6.45) is 10.0. The molecule has 2 aliphatic heterocycles. The predicted molar refractivity (Wildman–Crippen MR) is 106 cm³/mol. The number of unbranched alkanes of at least 4 members (excludes halogenated alkanes) is 1. The van der Waals surface area contributed by atoms with Crippen molar-refractivity contribution in [2.75, 3.05) is 6.54 Å². The monoisotopic (exact) mass is 386 g/mol. The van der Waals surface area contributed by atoms with Crippen molar-refractivity contribution in [3.05, 3.63) is 48.0 Å². The maximum absolute atomic E-state index is 12.1. The number of carbonyl (C=O) groups excluding carboxylic acids is 1. The van der Waals surface area contributed by atoms with E-state index < -0.39 is 5.97 Å². The van der Waals surface area contributed by atoms with Crippen LogP contribution in [0, 0.1) is 11.8 Å². The Bertz CT molecular complexity index is 676. The molecule has 1 aromatic carbocycles. The number of hydrogen-bond donors (Lipinski definition) is 3. The molecule has 0 radical (unpaired) electrons. The number of hydrogen-bond acceptors (Lipinski definition) is 4. The molecule has 2 fully saturated rings. The topological polar surface area (TPSA) is 87.7 Å². The van der Waals surface area contributed by atoms with Gasteiger partial charge < -0.3 is 9.84 Å². The van der Waals surface area contributed by atoms with Gasteiger partial charge in [0.15, 0.2) is 0 Å². The lowest BCUT2D eigenvalue weighted by Gasteiger charge is -2.27. The highest BCUT2D eigenvalue weighted by Gasteiger charge is 2.47. The van der Waals surface area contributed by atoms with Gasteiger partial charge >= 0.3 is 5.97 Å². The van der Waals surface area contributed by atoms with Crippen molar-refractivity contribution in [1.82, 2.24) is 10.9 Å². The Morgan fingerprint density at radius 1 is 1.11 bits per heavy atom. The van der Waals surface area contributed by atoms with Crippen LogP contribution in [0.15, 0.2) is 42.5 Å². The van der Waals surface area contributed by atoms with Crippen molar-refractivity contribution in [3.8, 4) is 0 Å². The second kappa shape index (κ2) is 10.4. The maximum Gasteiger partial charge on any atom is 0.303 e. The first-order chi connectivity index (χ1) is 13.6. The van der Waals surface area contributed by atoms with Crippen LogP contribution in [0.3, 0.4) is 0 Å². The van der Waals surface area contributed by atoms with Crippen molar-refractivity contribution in [2.24, 2.45) is 11.8 Å². The normalized spacial score (nSPS) is 26.0. The van der Waals surface area contributed by atoms with Crippen LogP contribution in [-0.4, -0.2) is 35.7 Å². The summed E-state index contributed by atoms with van der Waals surface area (Å²) in [6.45, 7) is 0.708. The third-order valence-corrected chi connectivity index (χ3v) is 5.70. The molecule has 0 aromatic heterocycles. The number of amides is 1. The minimum absolute atomic E-state index is 0.0369. The first kappa shape index (κ1) is 20.6. The highest BCUT2D eigenvalue weighted by molar-refractivity contribution is 5.78. The van der Waals surface area contributed by atoms with Crippen LogP contribution in [0.25, 0.3) is 0 Å². The van der Waals surface area contributed by atoms with Crippen LogP contribution in [0.1, 0.15) is 44.1 Å². The van der Waals surface area contributed by atoms with Gasteiger partial charge in [0.05, 0.1) is 18.6 Å². The van der Waals surface area contributed by atoms with E-state index in [-0.39, 0.29) is 18.4 Å². The Kier molecular flexibility index (Phi) is 7.62. The number of nitrogens with one attached hydrogen (secondary N) is 2. The van der Waals surface area contributed by atoms with Crippen LogP contribution < -0.4 is 10.9 Å². The number of carbonyl (C=O) groups is 2. The van der Waals surface area contributed by atoms with Gasteiger partial charge in [0.25, 0.3) is 0 Å². The SMILES string of the molecule is O=C(O)CCC/C=C/CC1C2CCC(O2)C1CNNC(=O)Cc1ccccc1. The van der Waals surface area contributed by atoms with E-state index in [1.165, 1.54) is 0 Å². The molecule has 4 atom stereocenters. The number of hydrazine groups is 1. The molecule has 4 unspecified atom stereocenters. The van der Waals surface area contributed by atoms with Crippen molar-refractivity contribution in [1.29, 1.82) is 0 Å². The van der Waals surface area contributed by atoms with Crippen LogP contribution in [0.5, 0.6) is 0 Å². The zero-order valence-electron chi connectivity index (χ0n) is 16.2. The fourth-order valence-corrected chi connectivity index (χ4v) is 4.32. The van der Waals surface area contributed by atoms with Crippen molar-refractivity contribution in [2.45, 2.75) is 57.2 Å². The molecular formula is C22H30N2O4. The van der Waals surface area contributed by atoms with E-state index in [0.717, 1.165) is 31.2 Å². The van der Waals surface area contributed by atoms with Crippen LogP contribution in [-0.2, 0) is 20.7 Å². The molecule has 3 N–H and O–H groups in total. The molecule has 152 valence electrons. The quantitative estimate of drug-likeness (QED) is 0.309. The average Bonchev–Trinajstić information content (AvgIpc) is 3.27. The van der Waals surface area contributed by atoms with Gasteiger partial charge in [-0.1, -0.05) is 42.5 Å². The van der Waals surface area contributed by atoms with E-state index in [9.17, 15) is 9.59 Å². The molecule has 1 aromatic rings. The van der Waals surface area contributed by atoms with Crippen molar-refractivity contribution >= 4 is 11.9 Å². The molecule has 6 heteroatoms. The summed E-state index contributed by atoms with van der Waals surface area (Å²) < 4.78 is 6.10. The molecule has 0 saturated carbocycles. The number of benzene rings is 1. The van der Waals surface area contributed by atoms with E-state index in [2.05, 4.69) is 23.0 Å². The number of carboxylic acids is 1. The van der Waals surface area contributed by atoms with Crippen LogP contribution in [0.2, 0.25) is 0 Å². The van der Waals surface area contributed by atoms with Crippen molar-refractivity contribution in [3.63, 3.8) is 0 Å². The molecule has 1 amide bonds. The van der Waals surface area contributed by atoms with Gasteiger partial charge in [0.2, 0.25) is 5.91 Å². The summed E-state index contributed by atoms with van der Waals surface area (Å²) in [5.74, 6) is 0.0629. The second-order valence-electron chi connectivity index (χ2n) is 7.70. The number of carboxylic acid groups (broad SMARTS) is 1. The lowest BCUT2D eigenvalue weighted by Crippen LogP contribution is -2.44. The summed E-state index contributed by atoms with van der Waals surface area (Å²) in [7, 11) is 0. The molecule has 2 heterocycles. The average molecular weight is 386 g/mol. The molecule has 2 bridgehead atoms. The number of allylic oxidation sites excluding steroid dienone is 2. The fourth-order valence-electron chi connectivity index (χ4n) is 4.32. The third kappa shape index (κ3) is 5.91. The Morgan fingerprint density at radius 2 is 1.86 bits per heavy atom. The first-order valence-electron chi connectivity index (χ1n) is 10.2. The standard InChI is InChI=1S/C22H30N2O4/c25-21(14-16-8-4-3-5-9-16)24-23-15-18-17(19-12-13-20(18)28-19)10-6-1-2-7-11-22(26)27/h1,3-6,8-9,17-20,23H,2,7,10-15H2,(H,24,25)(H,26,27)/b6-1+. The summed E-state index contributed by atoms with van der Waals surface area (Å²) in [4.78, 5) is 22.6.